The number of anilines is 6. The van der Waals surface area contributed by atoms with Gasteiger partial charge in [0, 0.05) is 88.7 Å². The van der Waals surface area contributed by atoms with Crippen molar-refractivity contribution in [2.45, 2.75) is 26.2 Å². The van der Waals surface area contributed by atoms with Crippen molar-refractivity contribution >= 4 is 123 Å². The molecule has 6 heteroatoms. The number of aromatic nitrogens is 2. The smallest absolute Gasteiger partial charge is 0.252 e. The third kappa shape index (κ3) is 11.3. The van der Waals surface area contributed by atoms with Gasteiger partial charge in [-0.1, -0.05) is 324 Å². The number of furan rings is 1. The van der Waals surface area contributed by atoms with Gasteiger partial charge in [0.25, 0.3) is 6.71 Å². The molecule has 0 spiro atoms. The average molecular weight is 1580 g/mol. The standard InChI is InChI=1S/C118H79BN4O/c1-118(2,3)90-70-111-115-112(71-90)123-110-73-92(121-106-49-19-17-43-98(106)100-67-85(51-59-108(100)121)81-37-21-35-79(63-81)75-28-10-5-11-29-75)55-57-104(110)119(115)103-56-54-91(120-105-48-18-16-42-97(105)99-66-84(50-58-107(99)120)80-36-20-34-78(62-80)74-26-8-4-9-27-74)72-109(103)122(111)116-93(76-30-12-6-13-31-76)44-24-46-95(116)88-40-22-38-82(64-88)86-52-60-113-101(68-86)102-69-87(53-61-114(102)124-113)83-39-23-41-89(65-83)96-47-25-45-94(117(96)123)77-32-14-7-15-33-77/h4-73H,1-3H3. The lowest BCUT2D eigenvalue weighted by atomic mass is 9.33. The summed E-state index contributed by atoms with van der Waals surface area (Å²) in [6.45, 7) is 6.89. The minimum Gasteiger partial charge on any atom is -0.456 e. The summed E-state index contributed by atoms with van der Waals surface area (Å²) >= 11 is 0. The molecule has 3 aromatic heterocycles. The highest BCUT2D eigenvalue weighted by Gasteiger charge is 2.46. The van der Waals surface area contributed by atoms with Gasteiger partial charge in [-0.15, -0.1) is 0 Å². The molecule has 0 saturated carbocycles. The zero-order chi connectivity index (χ0) is 82.0. The van der Waals surface area contributed by atoms with Gasteiger partial charge in [0.1, 0.15) is 11.2 Å². The van der Waals surface area contributed by atoms with E-state index >= 15 is 0 Å². The van der Waals surface area contributed by atoms with Crippen molar-refractivity contribution in [3.63, 3.8) is 0 Å². The molecule has 13 bridgehead atoms. The molecular formula is C118H79BN4O. The maximum atomic E-state index is 6.79. The summed E-state index contributed by atoms with van der Waals surface area (Å²) in [5.74, 6) is 0. The Bertz CT molecular complexity index is 7700. The lowest BCUT2D eigenvalue weighted by molar-refractivity contribution is 0.590. The van der Waals surface area contributed by atoms with Crippen LogP contribution < -0.4 is 26.2 Å². The van der Waals surface area contributed by atoms with E-state index in [0.717, 1.165) is 156 Å². The number of rotatable bonds is 8. The molecule has 0 amide bonds. The Hall–Kier alpha value is -15.8. The van der Waals surface area contributed by atoms with E-state index in [0.29, 0.717) is 0 Å². The molecule has 25 rings (SSSR count). The van der Waals surface area contributed by atoms with E-state index in [1.54, 1.807) is 0 Å². The number of nitrogens with zero attached hydrogens (tertiary/aromatic N) is 4. The SMILES string of the molecule is CC(C)(C)c1cc2c3c(c1)N1c4cc(-n5c6ccccc6c6cc(-c7cccc(-c8ccccc8)c7)ccc65)ccc4B3c3ccc(-n4c5ccccc5c5cc(-c6cccc(-c7ccccc7)c6)ccc54)cc3N2c2c(-c3ccccc3)cccc2-c2cccc(c2)-c2ccc3oc4ccc(cc4c3c2)-c2cccc(c2)-c2cccc(-c3ccccc3)c21. The lowest BCUT2D eigenvalue weighted by Gasteiger charge is -2.46. The zero-order valence-corrected chi connectivity index (χ0v) is 68.7. The molecule has 19 aromatic carbocycles. The van der Waals surface area contributed by atoms with Gasteiger partial charge in [-0.25, -0.2) is 0 Å². The molecule has 3 aliphatic heterocycles. The number of benzene rings is 19. The second-order valence-electron chi connectivity index (χ2n) is 34.7. The molecule has 0 N–H and O–H groups in total. The molecule has 6 heterocycles. The highest BCUT2D eigenvalue weighted by atomic mass is 16.3. The summed E-state index contributed by atoms with van der Waals surface area (Å²) in [5.41, 5.74) is 42.2. The Kier molecular flexibility index (Phi) is 16.0. The molecule has 0 atom stereocenters. The Labute approximate surface area is 720 Å². The van der Waals surface area contributed by atoms with Gasteiger partial charge in [0.2, 0.25) is 0 Å². The number of para-hydroxylation sites is 4. The van der Waals surface area contributed by atoms with Crippen molar-refractivity contribution in [1.82, 2.24) is 9.13 Å². The maximum absolute atomic E-state index is 6.79. The van der Waals surface area contributed by atoms with Crippen LogP contribution in [0.2, 0.25) is 0 Å². The Balaban J connectivity index is 0.805. The molecule has 0 aliphatic carbocycles. The first-order valence-corrected chi connectivity index (χ1v) is 43.1. The second-order valence-corrected chi connectivity index (χ2v) is 34.7. The van der Waals surface area contributed by atoms with Gasteiger partial charge < -0.3 is 23.4 Å². The van der Waals surface area contributed by atoms with Crippen LogP contribution in [0.5, 0.6) is 0 Å². The fraction of sp³-hybridized carbons (Fsp3) is 0.0339. The lowest BCUT2D eigenvalue weighted by Crippen LogP contribution is -2.61. The van der Waals surface area contributed by atoms with Crippen molar-refractivity contribution in [3.05, 3.63) is 430 Å². The molecule has 0 unspecified atom stereocenters. The summed E-state index contributed by atoms with van der Waals surface area (Å²) in [4.78, 5) is 5.44. The van der Waals surface area contributed by atoms with Gasteiger partial charge in [0.15, 0.2) is 0 Å². The molecular weight excluding hydrogens is 1500 g/mol. The predicted octanol–water partition coefficient (Wildman–Crippen LogP) is 30.1. The first kappa shape index (κ1) is 71.2. The van der Waals surface area contributed by atoms with E-state index in [4.69, 9.17) is 4.42 Å². The van der Waals surface area contributed by atoms with Crippen LogP contribution in [-0.4, -0.2) is 15.8 Å². The molecule has 0 radical (unpaired) electrons. The van der Waals surface area contributed by atoms with Crippen LogP contribution in [-0.2, 0) is 5.41 Å². The quantitative estimate of drug-likeness (QED) is 0.142. The number of fused-ring (bicyclic) bond motifs is 26. The molecule has 3 aliphatic rings. The topological polar surface area (TPSA) is 29.5 Å². The highest BCUT2D eigenvalue weighted by molar-refractivity contribution is 7.00. The molecule has 0 fully saturated rings. The second kappa shape index (κ2) is 27.9. The number of hydrogen-bond acceptors (Lipinski definition) is 3. The van der Waals surface area contributed by atoms with Gasteiger partial charge in [-0.3, -0.25) is 0 Å². The average Bonchev–Trinajstić information content (AvgIpc) is 0.794. The summed E-state index contributed by atoms with van der Waals surface area (Å²) in [7, 11) is 0. The Morgan fingerprint density at radius 1 is 0.218 bits per heavy atom. The molecule has 0 saturated heterocycles. The van der Waals surface area contributed by atoms with Gasteiger partial charge in [-0.05, 0) is 238 Å². The predicted molar refractivity (Wildman–Crippen MR) is 523 cm³/mol. The third-order valence-electron chi connectivity index (χ3n) is 26.5. The van der Waals surface area contributed by atoms with E-state index in [2.05, 4.69) is 464 Å². The van der Waals surface area contributed by atoms with Crippen LogP contribution in [0.1, 0.15) is 26.3 Å². The molecule has 22 aromatic rings. The summed E-state index contributed by atoms with van der Waals surface area (Å²) in [6, 6.07) is 160. The molecule has 580 valence electrons. The Morgan fingerprint density at radius 3 is 0.927 bits per heavy atom. The highest BCUT2D eigenvalue weighted by Crippen LogP contribution is 2.56. The molecule has 124 heavy (non-hydrogen) atoms. The van der Waals surface area contributed by atoms with Crippen molar-refractivity contribution < 1.29 is 4.42 Å². The fourth-order valence-corrected chi connectivity index (χ4v) is 20.6. The largest absolute Gasteiger partial charge is 0.456 e. The van der Waals surface area contributed by atoms with E-state index in [9.17, 15) is 0 Å². The molecule has 5 nitrogen and oxygen atoms in total. The first-order valence-electron chi connectivity index (χ1n) is 43.1. The van der Waals surface area contributed by atoms with E-state index in [1.807, 2.05) is 0 Å². The van der Waals surface area contributed by atoms with Crippen LogP contribution >= 0.6 is 0 Å². The van der Waals surface area contributed by atoms with Gasteiger partial charge in [-0.2, -0.15) is 0 Å². The third-order valence-corrected chi connectivity index (χ3v) is 26.5. The fourth-order valence-electron chi connectivity index (χ4n) is 20.6. The van der Waals surface area contributed by atoms with Gasteiger partial charge >= 0.3 is 0 Å². The van der Waals surface area contributed by atoms with Crippen LogP contribution in [0.4, 0.5) is 34.1 Å². The van der Waals surface area contributed by atoms with Crippen molar-refractivity contribution in [3.8, 4) is 123 Å². The normalized spacial score (nSPS) is 12.6. The van der Waals surface area contributed by atoms with Crippen molar-refractivity contribution in [2.75, 3.05) is 9.80 Å². The van der Waals surface area contributed by atoms with Crippen LogP contribution in [0.3, 0.4) is 0 Å². The van der Waals surface area contributed by atoms with E-state index in [1.165, 1.54) is 88.0 Å². The van der Waals surface area contributed by atoms with Crippen LogP contribution in [0.25, 0.3) is 188 Å². The van der Waals surface area contributed by atoms with E-state index in [-0.39, 0.29) is 12.1 Å². The van der Waals surface area contributed by atoms with Crippen molar-refractivity contribution in [2.24, 2.45) is 0 Å². The van der Waals surface area contributed by atoms with Crippen LogP contribution in [0.15, 0.2) is 429 Å². The summed E-state index contributed by atoms with van der Waals surface area (Å²) in [5, 5.41) is 6.91. The minimum atomic E-state index is -0.382. The summed E-state index contributed by atoms with van der Waals surface area (Å²) < 4.78 is 11.9. The van der Waals surface area contributed by atoms with E-state index < -0.39 is 0 Å². The van der Waals surface area contributed by atoms with Crippen LogP contribution in [0, 0.1) is 0 Å². The minimum absolute atomic E-state index is 0.302. The number of hydrogen-bond donors (Lipinski definition) is 0. The van der Waals surface area contributed by atoms with Gasteiger partial charge in [0.05, 0.1) is 33.4 Å². The Morgan fingerprint density at radius 2 is 0.524 bits per heavy atom. The zero-order valence-electron chi connectivity index (χ0n) is 68.7. The monoisotopic (exact) mass is 1580 g/mol. The summed E-state index contributed by atoms with van der Waals surface area (Å²) in [6.07, 6.45) is 0. The first-order chi connectivity index (χ1) is 61.1. The van der Waals surface area contributed by atoms with Crippen molar-refractivity contribution in [1.29, 1.82) is 0 Å². The maximum Gasteiger partial charge on any atom is 0.252 e.